The van der Waals surface area contributed by atoms with Gasteiger partial charge in [0.2, 0.25) is 0 Å². The minimum Gasteiger partial charge on any atom is -0.107 e. The average Bonchev–Trinajstić information content (AvgIpc) is 2.77. The smallest absolute Gasteiger partial charge is 0.107 e. The van der Waals surface area contributed by atoms with Gasteiger partial charge in [-0.05, 0) is 0 Å². The van der Waals surface area contributed by atoms with Gasteiger partial charge in [0.05, 0.1) is 0 Å². The monoisotopic (exact) mass is 601 g/mol. The summed E-state index contributed by atoms with van der Waals surface area (Å²) in [5.74, 6) is 0. The van der Waals surface area contributed by atoms with Crippen LogP contribution in [0.15, 0.2) is 36.4 Å². The van der Waals surface area contributed by atoms with Crippen molar-refractivity contribution in [1.82, 2.24) is 0 Å². The molecule has 1 aliphatic heterocycles. The number of nitrogens with one attached hydrogen (secondary N) is 1. The third-order valence-electron chi connectivity index (χ3n) is 5.70. The van der Waals surface area contributed by atoms with Crippen molar-refractivity contribution in [2.24, 2.45) is 0 Å². The van der Waals surface area contributed by atoms with Gasteiger partial charge in [0, 0.05) is 0 Å². The maximum absolute atomic E-state index is 3.70. The van der Waals surface area contributed by atoms with Gasteiger partial charge in [0.25, 0.3) is 0 Å². The standard InChI is InChI=1S/C26H39N3Se.HI/c1-5-9-17-29(18-10-6-2)22-12-14-24-26(20-22)30-25-19-21(11-13-23(25)27-24)28(15-7-3)16-8-4;/h11-14,19-20,27H,5-10,15-18H2,1-4H3;1H. The van der Waals surface area contributed by atoms with Crippen molar-refractivity contribution >= 4 is 70.6 Å². The summed E-state index contributed by atoms with van der Waals surface area (Å²) in [6.45, 7) is 13.7. The van der Waals surface area contributed by atoms with Crippen LogP contribution in [0.4, 0.5) is 22.7 Å². The van der Waals surface area contributed by atoms with Crippen LogP contribution in [0.1, 0.15) is 66.2 Å². The van der Waals surface area contributed by atoms with E-state index in [2.05, 4.69) is 79.2 Å². The van der Waals surface area contributed by atoms with Gasteiger partial charge in [0.1, 0.15) is 0 Å². The molecule has 3 nitrogen and oxygen atoms in total. The van der Waals surface area contributed by atoms with Gasteiger partial charge < -0.3 is 0 Å². The van der Waals surface area contributed by atoms with Gasteiger partial charge in [0.15, 0.2) is 0 Å². The zero-order valence-electron chi connectivity index (χ0n) is 19.7. The third-order valence-corrected chi connectivity index (χ3v) is 8.04. The maximum atomic E-state index is 3.70. The fourth-order valence-corrected chi connectivity index (χ4v) is 6.24. The Morgan fingerprint density at radius 2 is 1.10 bits per heavy atom. The van der Waals surface area contributed by atoms with Crippen molar-refractivity contribution in [1.29, 1.82) is 0 Å². The van der Waals surface area contributed by atoms with Gasteiger partial charge in [-0.3, -0.25) is 0 Å². The molecule has 0 radical (unpaired) electrons. The van der Waals surface area contributed by atoms with Crippen LogP contribution < -0.4 is 24.0 Å². The maximum Gasteiger partial charge on any atom is -0.107 e. The Morgan fingerprint density at radius 3 is 1.52 bits per heavy atom. The molecule has 0 aromatic heterocycles. The molecule has 0 saturated heterocycles. The van der Waals surface area contributed by atoms with Crippen molar-refractivity contribution in [2.75, 3.05) is 41.3 Å². The van der Waals surface area contributed by atoms with E-state index in [1.807, 2.05) is 0 Å². The normalized spacial score (nSPS) is 11.7. The van der Waals surface area contributed by atoms with Crippen molar-refractivity contribution in [3.8, 4) is 0 Å². The number of benzene rings is 2. The molecule has 2 aromatic rings. The molecular formula is C26H40IN3Se. The van der Waals surface area contributed by atoms with Crippen molar-refractivity contribution in [2.45, 2.75) is 66.2 Å². The predicted molar refractivity (Wildman–Crippen MR) is 151 cm³/mol. The molecule has 1 aliphatic rings. The van der Waals surface area contributed by atoms with E-state index in [9.17, 15) is 0 Å². The first kappa shape index (κ1) is 26.3. The molecule has 0 aliphatic carbocycles. The molecule has 0 atom stereocenters. The van der Waals surface area contributed by atoms with Crippen LogP contribution in [0, 0.1) is 0 Å². The Bertz CT molecular complexity index is 797. The molecule has 172 valence electrons. The van der Waals surface area contributed by atoms with Gasteiger partial charge >= 0.3 is 191 Å². The fourth-order valence-electron chi connectivity index (χ4n) is 4.03. The van der Waals surface area contributed by atoms with Crippen molar-refractivity contribution < 1.29 is 0 Å². The number of anilines is 4. The van der Waals surface area contributed by atoms with Crippen LogP contribution in [0.2, 0.25) is 0 Å². The number of fused-ring (bicyclic) bond motifs is 2. The first-order valence-electron chi connectivity index (χ1n) is 11.9. The summed E-state index contributed by atoms with van der Waals surface area (Å²) in [6.07, 6.45) is 7.42. The van der Waals surface area contributed by atoms with Crippen LogP contribution in [0.25, 0.3) is 0 Å². The molecule has 0 bridgehead atoms. The van der Waals surface area contributed by atoms with E-state index in [1.54, 1.807) is 0 Å². The van der Waals surface area contributed by atoms with Crippen LogP contribution in [-0.4, -0.2) is 41.1 Å². The molecule has 0 saturated carbocycles. The number of hydrogen-bond donors (Lipinski definition) is 1. The molecular weight excluding hydrogens is 560 g/mol. The summed E-state index contributed by atoms with van der Waals surface area (Å²) in [5, 5.41) is 3.70. The largest absolute Gasteiger partial charge is 0.107 e. The minimum atomic E-state index is 0. The minimum absolute atomic E-state index is 0. The van der Waals surface area contributed by atoms with Gasteiger partial charge in [-0.2, -0.15) is 0 Å². The van der Waals surface area contributed by atoms with Gasteiger partial charge in [-0.15, -0.1) is 24.0 Å². The molecule has 0 fully saturated rings. The Balaban J connectivity index is 0.00000341. The van der Waals surface area contributed by atoms with Crippen LogP contribution in [0.5, 0.6) is 0 Å². The average molecular weight is 600 g/mol. The van der Waals surface area contributed by atoms with Crippen LogP contribution in [-0.2, 0) is 0 Å². The molecule has 2 aromatic carbocycles. The molecule has 0 spiro atoms. The number of hydrogen-bond acceptors (Lipinski definition) is 3. The molecule has 31 heavy (non-hydrogen) atoms. The van der Waals surface area contributed by atoms with E-state index in [-0.39, 0.29) is 24.0 Å². The zero-order chi connectivity index (χ0) is 21.3. The van der Waals surface area contributed by atoms with Gasteiger partial charge in [-0.25, -0.2) is 0 Å². The Labute approximate surface area is 213 Å². The molecule has 5 heteroatoms. The van der Waals surface area contributed by atoms with Gasteiger partial charge in [-0.1, -0.05) is 0 Å². The summed E-state index contributed by atoms with van der Waals surface area (Å²) in [5.41, 5.74) is 5.37. The number of unbranched alkanes of at least 4 members (excludes halogenated alkanes) is 2. The summed E-state index contributed by atoms with van der Waals surface area (Å²) >= 11 is 0.340. The second kappa shape index (κ2) is 13.6. The first-order chi connectivity index (χ1) is 14.7. The molecule has 1 N–H and O–H groups in total. The summed E-state index contributed by atoms with van der Waals surface area (Å²) in [6, 6.07) is 14.1. The molecule has 3 rings (SSSR count). The summed E-state index contributed by atoms with van der Waals surface area (Å²) in [4.78, 5) is 5.14. The first-order valence-corrected chi connectivity index (χ1v) is 13.6. The van der Waals surface area contributed by atoms with E-state index < -0.39 is 0 Å². The molecule has 0 amide bonds. The fraction of sp³-hybridized carbons (Fsp3) is 0.538. The van der Waals surface area contributed by atoms with Crippen LogP contribution in [0.3, 0.4) is 0 Å². The number of rotatable bonds is 12. The van der Waals surface area contributed by atoms with E-state index in [1.165, 1.54) is 83.3 Å². The number of halogens is 1. The van der Waals surface area contributed by atoms with E-state index >= 15 is 0 Å². The second-order valence-corrected chi connectivity index (χ2v) is 10.5. The summed E-state index contributed by atoms with van der Waals surface area (Å²) in [7, 11) is 0. The Kier molecular flexibility index (Phi) is 11.6. The second-order valence-electron chi connectivity index (χ2n) is 8.27. The quantitative estimate of drug-likeness (QED) is 0.202. The zero-order valence-corrected chi connectivity index (χ0v) is 23.8. The third kappa shape index (κ3) is 7.03. The van der Waals surface area contributed by atoms with E-state index in [4.69, 9.17) is 0 Å². The predicted octanol–water partition coefficient (Wildman–Crippen LogP) is 6.05. The Hall–Kier alpha value is -0.911. The number of nitrogens with zero attached hydrogens (tertiary/aromatic N) is 2. The summed E-state index contributed by atoms with van der Waals surface area (Å²) < 4.78 is 2.97. The molecule has 1 heterocycles. The van der Waals surface area contributed by atoms with E-state index in [0.29, 0.717) is 15.0 Å². The van der Waals surface area contributed by atoms with E-state index in [0.717, 1.165) is 13.1 Å². The van der Waals surface area contributed by atoms with Crippen LogP contribution >= 0.6 is 24.0 Å². The Morgan fingerprint density at radius 1 is 0.645 bits per heavy atom. The van der Waals surface area contributed by atoms with Crippen molar-refractivity contribution in [3.63, 3.8) is 0 Å². The topological polar surface area (TPSA) is 18.5 Å². The molecule has 0 unspecified atom stereocenters. The van der Waals surface area contributed by atoms with Crippen molar-refractivity contribution in [3.05, 3.63) is 36.4 Å². The SMILES string of the molecule is CCCCN(CCCC)c1ccc2c(c1)[Se]c1cc(N(CCC)CCC)ccc1N2.I.